The Labute approximate surface area is 243 Å². The lowest BCUT2D eigenvalue weighted by molar-refractivity contribution is 0.201. The van der Waals surface area contributed by atoms with Gasteiger partial charge in [0.1, 0.15) is 5.82 Å². The van der Waals surface area contributed by atoms with E-state index in [1.54, 1.807) is 18.5 Å². The van der Waals surface area contributed by atoms with Crippen LogP contribution in [0.3, 0.4) is 0 Å². The smallest absolute Gasteiger partial charge is 0.412 e. The molecule has 0 spiro atoms. The van der Waals surface area contributed by atoms with Crippen molar-refractivity contribution >= 4 is 39.9 Å². The van der Waals surface area contributed by atoms with Crippen molar-refractivity contribution in [3.05, 3.63) is 139 Å². The molecule has 0 unspecified atom stereocenters. The number of carbonyl (C=O) groups is 1. The summed E-state index contributed by atoms with van der Waals surface area (Å²) in [7, 11) is 0. The molecule has 3 N–H and O–H groups in total. The zero-order chi connectivity index (χ0) is 28.9. The highest BCUT2D eigenvalue weighted by atomic mass is 16.4. The van der Waals surface area contributed by atoms with E-state index in [4.69, 9.17) is 15.7 Å². The van der Waals surface area contributed by atoms with Crippen LogP contribution in [0.4, 0.5) is 27.7 Å². The monoisotopic (exact) mass is 552 g/mol. The zero-order valence-electron chi connectivity index (χ0n) is 22.7. The lowest BCUT2D eigenvalue weighted by Gasteiger charge is -2.28. The minimum atomic E-state index is -1.05. The molecule has 8 nitrogen and oxygen atoms in total. The van der Waals surface area contributed by atoms with Crippen LogP contribution in [0.5, 0.6) is 0 Å². The SMILES string of the molecule is NCc1ccccc1N(c1ccccc1)c1nc(-c2cccnc2)nc2ccc(N(Cc3ccccc3)C(=O)O)cc12. The molecule has 8 heteroatoms. The molecule has 0 aliphatic heterocycles. The number of rotatable bonds is 8. The molecule has 206 valence electrons. The molecule has 0 atom stereocenters. The maximum absolute atomic E-state index is 12.5. The van der Waals surface area contributed by atoms with Crippen LogP contribution in [-0.2, 0) is 13.1 Å². The van der Waals surface area contributed by atoms with E-state index in [9.17, 15) is 9.90 Å². The zero-order valence-corrected chi connectivity index (χ0v) is 22.7. The Morgan fingerprint density at radius 1 is 0.786 bits per heavy atom. The van der Waals surface area contributed by atoms with Crippen LogP contribution in [0.2, 0.25) is 0 Å². The van der Waals surface area contributed by atoms with Gasteiger partial charge >= 0.3 is 6.09 Å². The molecule has 0 aliphatic rings. The largest absolute Gasteiger partial charge is 0.465 e. The van der Waals surface area contributed by atoms with Gasteiger partial charge in [0.25, 0.3) is 0 Å². The van der Waals surface area contributed by atoms with Crippen LogP contribution in [0.1, 0.15) is 11.1 Å². The van der Waals surface area contributed by atoms with Gasteiger partial charge in [-0.25, -0.2) is 14.8 Å². The Hall–Kier alpha value is -5.60. The summed E-state index contributed by atoms with van der Waals surface area (Å²) >= 11 is 0. The van der Waals surface area contributed by atoms with E-state index < -0.39 is 6.09 Å². The van der Waals surface area contributed by atoms with Crippen LogP contribution < -0.4 is 15.5 Å². The summed E-state index contributed by atoms with van der Waals surface area (Å²) in [6.07, 6.45) is 2.38. The Bertz CT molecular complexity index is 1830. The molecule has 2 aromatic heterocycles. The molecule has 2 heterocycles. The molecular weight excluding hydrogens is 524 g/mol. The Balaban J connectivity index is 1.61. The van der Waals surface area contributed by atoms with Crippen molar-refractivity contribution < 1.29 is 9.90 Å². The number of nitrogens with two attached hydrogens (primary N) is 1. The van der Waals surface area contributed by atoms with Gasteiger partial charge in [0.05, 0.1) is 17.7 Å². The van der Waals surface area contributed by atoms with Crippen molar-refractivity contribution in [3.63, 3.8) is 0 Å². The fourth-order valence-corrected chi connectivity index (χ4v) is 4.95. The summed E-state index contributed by atoms with van der Waals surface area (Å²) in [6.45, 7) is 0.525. The highest BCUT2D eigenvalue weighted by Crippen LogP contribution is 2.40. The normalized spacial score (nSPS) is 10.9. The number of nitrogens with zero attached hydrogens (tertiary/aromatic N) is 5. The molecule has 4 aromatic carbocycles. The highest BCUT2D eigenvalue weighted by Gasteiger charge is 2.23. The van der Waals surface area contributed by atoms with Crippen molar-refractivity contribution in [1.29, 1.82) is 0 Å². The molecule has 0 saturated heterocycles. The molecule has 0 saturated carbocycles. The standard InChI is InChI=1S/C34H28N6O2/c35-21-25-12-7-8-16-31(25)40(27-14-5-2-6-15-27)33-29-20-28(39(34(41)42)23-24-10-3-1-4-11-24)17-18-30(29)37-32(38-33)26-13-9-19-36-22-26/h1-20,22H,21,23,35H2,(H,41,42). The van der Waals surface area contributed by atoms with Gasteiger partial charge in [-0.15, -0.1) is 0 Å². The topological polar surface area (TPSA) is 108 Å². The predicted molar refractivity (Wildman–Crippen MR) is 166 cm³/mol. The summed E-state index contributed by atoms with van der Waals surface area (Å²) in [4.78, 5) is 30.1. The van der Waals surface area contributed by atoms with Gasteiger partial charge in [-0.3, -0.25) is 14.8 Å². The van der Waals surface area contributed by atoms with E-state index in [1.165, 1.54) is 4.90 Å². The van der Waals surface area contributed by atoms with Gasteiger partial charge in [0.2, 0.25) is 0 Å². The first-order valence-electron chi connectivity index (χ1n) is 13.5. The Morgan fingerprint density at radius 3 is 2.24 bits per heavy atom. The van der Waals surface area contributed by atoms with Crippen LogP contribution in [0.25, 0.3) is 22.3 Å². The minimum absolute atomic E-state index is 0.198. The Morgan fingerprint density at radius 2 is 1.52 bits per heavy atom. The number of hydrogen-bond donors (Lipinski definition) is 2. The molecule has 0 bridgehead atoms. The highest BCUT2D eigenvalue weighted by molar-refractivity contribution is 6.00. The number of hydrogen-bond acceptors (Lipinski definition) is 6. The number of amides is 1. The molecule has 6 aromatic rings. The van der Waals surface area contributed by atoms with E-state index >= 15 is 0 Å². The summed E-state index contributed by atoms with van der Waals surface area (Å²) in [5.74, 6) is 1.10. The summed E-state index contributed by atoms with van der Waals surface area (Å²) in [5.41, 5.74) is 11.7. The van der Waals surface area contributed by atoms with Gasteiger partial charge in [-0.05, 0) is 59.7 Å². The van der Waals surface area contributed by atoms with E-state index in [0.717, 1.165) is 28.1 Å². The fraction of sp³-hybridized carbons (Fsp3) is 0.0588. The predicted octanol–water partition coefficient (Wildman–Crippen LogP) is 7.30. The number of aromatic nitrogens is 3. The van der Waals surface area contributed by atoms with Crippen molar-refractivity contribution in [2.24, 2.45) is 5.73 Å². The van der Waals surface area contributed by atoms with Crippen molar-refractivity contribution in [3.8, 4) is 11.4 Å². The van der Waals surface area contributed by atoms with Gasteiger partial charge in [0, 0.05) is 41.3 Å². The van der Waals surface area contributed by atoms with Gasteiger partial charge in [0.15, 0.2) is 5.82 Å². The van der Waals surface area contributed by atoms with Crippen LogP contribution in [0, 0.1) is 0 Å². The van der Waals surface area contributed by atoms with E-state index in [1.807, 2.05) is 109 Å². The second-order valence-electron chi connectivity index (χ2n) is 9.67. The lowest BCUT2D eigenvalue weighted by atomic mass is 10.1. The van der Waals surface area contributed by atoms with E-state index in [-0.39, 0.29) is 6.54 Å². The molecule has 6 rings (SSSR count). The first kappa shape index (κ1) is 26.6. The van der Waals surface area contributed by atoms with Gasteiger partial charge in [-0.2, -0.15) is 0 Å². The lowest BCUT2D eigenvalue weighted by Crippen LogP contribution is -2.28. The number of anilines is 4. The van der Waals surface area contributed by atoms with Crippen molar-refractivity contribution in [2.45, 2.75) is 13.1 Å². The van der Waals surface area contributed by atoms with Gasteiger partial charge in [-0.1, -0.05) is 66.7 Å². The maximum Gasteiger partial charge on any atom is 0.412 e. The third-order valence-electron chi connectivity index (χ3n) is 6.98. The number of benzene rings is 4. The molecule has 1 amide bonds. The van der Waals surface area contributed by atoms with E-state index in [0.29, 0.717) is 34.8 Å². The Kier molecular flexibility index (Phi) is 7.52. The number of fused-ring (bicyclic) bond motifs is 1. The van der Waals surface area contributed by atoms with Crippen molar-refractivity contribution in [1.82, 2.24) is 15.0 Å². The molecule has 0 aliphatic carbocycles. The summed E-state index contributed by atoms with van der Waals surface area (Å²) in [6, 6.07) is 36.6. The maximum atomic E-state index is 12.5. The van der Waals surface area contributed by atoms with Crippen LogP contribution in [0.15, 0.2) is 128 Å². The third kappa shape index (κ3) is 5.39. The molecular formula is C34H28N6O2. The fourth-order valence-electron chi connectivity index (χ4n) is 4.95. The summed E-state index contributed by atoms with van der Waals surface area (Å²) < 4.78 is 0. The second kappa shape index (κ2) is 11.9. The average Bonchev–Trinajstić information content (AvgIpc) is 3.05. The quantitative estimate of drug-likeness (QED) is 0.204. The van der Waals surface area contributed by atoms with E-state index in [2.05, 4.69) is 9.88 Å². The van der Waals surface area contributed by atoms with Crippen molar-refractivity contribution in [2.75, 3.05) is 9.80 Å². The van der Waals surface area contributed by atoms with Gasteiger partial charge < -0.3 is 10.8 Å². The third-order valence-corrected chi connectivity index (χ3v) is 6.98. The molecule has 42 heavy (non-hydrogen) atoms. The average molecular weight is 553 g/mol. The van der Waals surface area contributed by atoms with Crippen LogP contribution >= 0.6 is 0 Å². The number of carboxylic acid groups (broad SMARTS) is 1. The number of para-hydroxylation sites is 2. The van der Waals surface area contributed by atoms with Crippen LogP contribution in [-0.4, -0.2) is 26.2 Å². The number of pyridine rings is 1. The first-order chi connectivity index (χ1) is 20.6. The second-order valence-corrected chi connectivity index (χ2v) is 9.67. The summed E-state index contributed by atoms with van der Waals surface area (Å²) in [5, 5.41) is 10.9. The molecule has 0 radical (unpaired) electrons. The molecule has 0 fully saturated rings. The first-order valence-corrected chi connectivity index (χ1v) is 13.5. The minimum Gasteiger partial charge on any atom is -0.465 e.